The predicted molar refractivity (Wildman–Crippen MR) is 95.5 cm³/mol. The molecule has 0 radical (unpaired) electrons. The van der Waals surface area contributed by atoms with Gasteiger partial charge in [-0.2, -0.15) is 0 Å². The summed E-state index contributed by atoms with van der Waals surface area (Å²) in [5.41, 5.74) is 3.10. The van der Waals surface area contributed by atoms with Gasteiger partial charge in [0.25, 0.3) is 5.91 Å². The number of ether oxygens (including phenoxy) is 2. The first-order chi connectivity index (χ1) is 12.1. The van der Waals surface area contributed by atoms with Crippen LogP contribution in [0.5, 0.6) is 11.5 Å². The van der Waals surface area contributed by atoms with Crippen molar-refractivity contribution in [3.63, 3.8) is 0 Å². The Hall–Kier alpha value is -3.02. The average molecular weight is 339 g/mol. The van der Waals surface area contributed by atoms with E-state index in [-0.39, 0.29) is 5.91 Å². The fourth-order valence-corrected chi connectivity index (χ4v) is 2.65. The van der Waals surface area contributed by atoms with Gasteiger partial charge in [0.2, 0.25) is 0 Å². The van der Waals surface area contributed by atoms with E-state index in [1.807, 2.05) is 54.8 Å². The molecule has 0 spiro atoms. The fourth-order valence-electron chi connectivity index (χ4n) is 2.65. The molecule has 0 saturated carbocycles. The van der Waals surface area contributed by atoms with E-state index < -0.39 is 0 Å². The summed E-state index contributed by atoms with van der Waals surface area (Å²) < 4.78 is 12.6. The maximum atomic E-state index is 12.5. The molecule has 0 unspecified atom stereocenters. The topological polar surface area (TPSA) is 64.9 Å². The van der Waals surface area contributed by atoms with E-state index in [2.05, 4.69) is 10.3 Å². The van der Waals surface area contributed by atoms with Crippen LogP contribution in [0.4, 0.5) is 0 Å². The van der Waals surface area contributed by atoms with Crippen molar-refractivity contribution in [1.29, 1.82) is 0 Å². The minimum absolute atomic E-state index is 0.162. The lowest BCUT2D eigenvalue weighted by atomic mass is 10.3. The number of carbonyl (C=O) groups excluding carboxylic acids is 1. The largest absolute Gasteiger partial charge is 0.497 e. The molecule has 130 valence electrons. The molecule has 25 heavy (non-hydrogen) atoms. The third-order valence-corrected chi connectivity index (χ3v) is 3.85. The van der Waals surface area contributed by atoms with Gasteiger partial charge >= 0.3 is 0 Å². The van der Waals surface area contributed by atoms with Gasteiger partial charge in [-0.05, 0) is 37.6 Å². The van der Waals surface area contributed by atoms with Crippen LogP contribution in [0.15, 0.2) is 42.6 Å². The molecule has 2 heterocycles. The van der Waals surface area contributed by atoms with Crippen molar-refractivity contribution in [3.05, 3.63) is 59.5 Å². The van der Waals surface area contributed by atoms with Crippen LogP contribution in [0.1, 0.15) is 21.7 Å². The Morgan fingerprint density at radius 3 is 2.80 bits per heavy atom. The lowest BCUT2D eigenvalue weighted by molar-refractivity contribution is 0.0940. The highest BCUT2D eigenvalue weighted by Crippen LogP contribution is 2.18. The van der Waals surface area contributed by atoms with Gasteiger partial charge in [-0.3, -0.25) is 9.20 Å². The average Bonchev–Trinajstić information content (AvgIpc) is 2.94. The number of benzene rings is 1. The molecule has 1 aromatic carbocycles. The molecule has 0 aliphatic heterocycles. The van der Waals surface area contributed by atoms with E-state index in [4.69, 9.17) is 9.47 Å². The minimum atomic E-state index is -0.162. The van der Waals surface area contributed by atoms with Crippen molar-refractivity contribution < 1.29 is 14.3 Å². The second-order valence-electron chi connectivity index (χ2n) is 5.76. The number of methoxy groups -OCH3 is 1. The van der Waals surface area contributed by atoms with E-state index in [0.29, 0.717) is 30.3 Å². The number of amides is 1. The fraction of sp³-hybridized carbons (Fsp3) is 0.263. The number of carbonyl (C=O) groups is 1. The summed E-state index contributed by atoms with van der Waals surface area (Å²) in [6, 6.07) is 11.2. The quantitative estimate of drug-likeness (QED) is 0.702. The van der Waals surface area contributed by atoms with Crippen LogP contribution in [-0.4, -0.2) is 35.6 Å². The van der Waals surface area contributed by atoms with Crippen molar-refractivity contribution >= 4 is 11.6 Å². The zero-order valence-corrected chi connectivity index (χ0v) is 14.6. The lowest BCUT2D eigenvalue weighted by Crippen LogP contribution is -2.29. The number of rotatable bonds is 6. The van der Waals surface area contributed by atoms with Gasteiger partial charge in [-0.25, -0.2) is 4.98 Å². The Kier molecular flexibility index (Phi) is 4.88. The van der Waals surface area contributed by atoms with E-state index in [1.54, 1.807) is 13.2 Å². The van der Waals surface area contributed by atoms with Crippen molar-refractivity contribution in [2.75, 3.05) is 20.3 Å². The Balaban J connectivity index is 1.61. The van der Waals surface area contributed by atoms with Crippen LogP contribution in [0.25, 0.3) is 5.65 Å². The molecule has 0 aliphatic carbocycles. The SMILES string of the molecule is COc1cccc(OCCNC(=O)c2c(C)nc3ccc(C)cn23)c1. The molecule has 0 fully saturated rings. The van der Waals surface area contributed by atoms with E-state index in [9.17, 15) is 4.79 Å². The number of imidazole rings is 1. The van der Waals surface area contributed by atoms with Gasteiger partial charge in [0.15, 0.2) is 0 Å². The van der Waals surface area contributed by atoms with E-state index in [0.717, 1.165) is 17.0 Å². The third-order valence-electron chi connectivity index (χ3n) is 3.85. The smallest absolute Gasteiger partial charge is 0.270 e. The number of hydrogen-bond donors (Lipinski definition) is 1. The lowest BCUT2D eigenvalue weighted by Gasteiger charge is -2.09. The highest BCUT2D eigenvalue weighted by molar-refractivity contribution is 5.94. The summed E-state index contributed by atoms with van der Waals surface area (Å²) in [4.78, 5) is 16.9. The van der Waals surface area contributed by atoms with Crippen LogP contribution in [0.2, 0.25) is 0 Å². The summed E-state index contributed by atoms with van der Waals surface area (Å²) in [6.07, 6.45) is 1.91. The van der Waals surface area contributed by atoms with Gasteiger partial charge in [0.1, 0.15) is 29.4 Å². The summed E-state index contributed by atoms with van der Waals surface area (Å²) in [7, 11) is 1.61. The molecule has 1 N–H and O–H groups in total. The molecule has 6 heteroatoms. The summed E-state index contributed by atoms with van der Waals surface area (Å²) >= 11 is 0. The summed E-state index contributed by atoms with van der Waals surface area (Å²) in [5, 5.41) is 2.88. The molecule has 0 bridgehead atoms. The Morgan fingerprint density at radius 2 is 2.00 bits per heavy atom. The second-order valence-corrected chi connectivity index (χ2v) is 5.76. The van der Waals surface area contributed by atoms with Gasteiger partial charge in [0, 0.05) is 12.3 Å². The number of aryl methyl sites for hydroxylation is 2. The van der Waals surface area contributed by atoms with Crippen LogP contribution >= 0.6 is 0 Å². The first-order valence-corrected chi connectivity index (χ1v) is 8.09. The molecule has 6 nitrogen and oxygen atoms in total. The third kappa shape index (κ3) is 3.74. The molecule has 0 atom stereocenters. The summed E-state index contributed by atoms with van der Waals surface area (Å²) in [6.45, 7) is 4.59. The zero-order valence-electron chi connectivity index (χ0n) is 14.6. The molecule has 1 amide bonds. The molecular weight excluding hydrogens is 318 g/mol. The minimum Gasteiger partial charge on any atom is -0.497 e. The highest BCUT2D eigenvalue weighted by atomic mass is 16.5. The number of nitrogens with one attached hydrogen (secondary N) is 1. The Labute approximate surface area is 146 Å². The molecule has 2 aromatic heterocycles. The monoisotopic (exact) mass is 339 g/mol. The van der Waals surface area contributed by atoms with Crippen molar-refractivity contribution in [3.8, 4) is 11.5 Å². The van der Waals surface area contributed by atoms with Crippen molar-refractivity contribution in [1.82, 2.24) is 14.7 Å². The molecule has 3 aromatic rings. The first-order valence-electron chi connectivity index (χ1n) is 8.09. The Bertz CT molecular complexity index is 902. The Morgan fingerprint density at radius 1 is 1.20 bits per heavy atom. The normalized spacial score (nSPS) is 10.7. The molecule has 3 rings (SSSR count). The van der Waals surface area contributed by atoms with E-state index >= 15 is 0 Å². The predicted octanol–water partition coefficient (Wildman–Crippen LogP) is 2.77. The number of aromatic nitrogens is 2. The summed E-state index contributed by atoms with van der Waals surface area (Å²) in [5.74, 6) is 1.28. The highest BCUT2D eigenvalue weighted by Gasteiger charge is 2.16. The zero-order chi connectivity index (χ0) is 17.8. The van der Waals surface area contributed by atoms with Crippen LogP contribution < -0.4 is 14.8 Å². The van der Waals surface area contributed by atoms with Crippen LogP contribution in [-0.2, 0) is 0 Å². The number of nitrogens with zero attached hydrogens (tertiary/aromatic N) is 2. The van der Waals surface area contributed by atoms with Gasteiger partial charge in [-0.1, -0.05) is 12.1 Å². The van der Waals surface area contributed by atoms with Gasteiger partial charge < -0.3 is 14.8 Å². The standard InChI is InChI=1S/C19H21N3O3/c1-13-7-8-17-21-14(2)18(22(17)12-13)19(23)20-9-10-25-16-6-4-5-15(11-16)24-3/h4-8,11-12H,9-10H2,1-3H3,(H,20,23). The number of hydrogen-bond acceptors (Lipinski definition) is 4. The molecule has 0 saturated heterocycles. The number of pyridine rings is 1. The molecule has 0 aliphatic rings. The van der Waals surface area contributed by atoms with Gasteiger partial charge in [-0.15, -0.1) is 0 Å². The van der Waals surface area contributed by atoms with Crippen molar-refractivity contribution in [2.24, 2.45) is 0 Å². The van der Waals surface area contributed by atoms with Crippen LogP contribution in [0, 0.1) is 13.8 Å². The number of fused-ring (bicyclic) bond motifs is 1. The van der Waals surface area contributed by atoms with Crippen molar-refractivity contribution in [2.45, 2.75) is 13.8 Å². The maximum Gasteiger partial charge on any atom is 0.270 e. The van der Waals surface area contributed by atoms with Gasteiger partial charge in [0.05, 0.1) is 19.3 Å². The maximum absolute atomic E-state index is 12.5. The second kappa shape index (κ2) is 7.25. The molecular formula is C19H21N3O3. The first kappa shape index (κ1) is 16.8. The van der Waals surface area contributed by atoms with E-state index in [1.165, 1.54) is 0 Å². The van der Waals surface area contributed by atoms with Crippen LogP contribution in [0.3, 0.4) is 0 Å².